The van der Waals surface area contributed by atoms with Crippen molar-refractivity contribution in [2.75, 3.05) is 7.11 Å². The summed E-state index contributed by atoms with van der Waals surface area (Å²) >= 11 is 6.59. The summed E-state index contributed by atoms with van der Waals surface area (Å²) in [5, 5.41) is 0. The number of benzene rings is 1. The van der Waals surface area contributed by atoms with Crippen LogP contribution in [-0.2, 0) is 19.5 Å². The van der Waals surface area contributed by atoms with E-state index in [0.29, 0.717) is 0 Å². The minimum Gasteiger partial charge on any atom is -0.497 e. The summed E-state index contributed by atoms with van der Waals surface area (Å²) in [6, 6.07) is 5.88. The number of fused-ring (bicyclic) bond motifs is 1. The maximum Gasteiger partial charge on any atom is 0.159 e. The Labute approximate surface area is 97.7 Å². The molecule has 0 spiro atoms. The molecule has 5 heteroatoms. The molecule has 1 aromatic heterocycles. The van der Waals surface area contributed by atoms with Crippen LogP contribution in [0, 0.1) is 3.95 Å². The van der Waals surface area contributed by atoms with Crippen LogP contribution in [0.1, 0.15) is 0 Å². The fourth-order valence-corrected chi connectivity index (χ4v) is 2.15. The number of aromatic nitrogens is 1. The summed E-state index contributed by atoms with van der Waals surface area (Å²) in [5.41, 5.74) is 1.05. The summed E-state index contributed by atoms with van der Waals surface area (Å²) in [6.07, 6.45) is 0. The normalized spacial score (nSPS) is 9.62. The van der Waals surface area contributed by atoms with E-state index >= 15 is 0 Å². The van der Waals surface area contributed by atoms with Gasteiger partial charge in [-0.25, -0.2) is 0 Å². The zero-order chi connectivity index (χ0) is 8.55. The van der Waals surface area contributed by atoms with Gasteiger partial charge in [0.1, 0.15) is 5.75 Å². The average Bonchev–Trinajstić information content (AvgIpc) is 2.43. The SMILES string of the molecule is COc1ccc2sc(=S)[nH]c2c1.[Zn]. The molecule has 0 saturated carbocycles. The van der Waals surface area contributed by atoms with Crippen LogP contribution >= 0.6 is 23.6 Å². The third kappa shape index (κ3) is 2.16. The monoisotopic (exact) mass is 261 g/mol. The number of methoxy groups -OCH3 is 1. The van der Waals surface area contributed by atoms with Gasteiger partial charge >= 0.3 is 0 Å². The Morgan fingerprint density at radius 2 is 2.23 bits per heavy atom. The van der Waals surface area contributed by atoms with Crippen LogP contribution in [0.5, 0.6) is 5.75 Å². The molecular formula is C8H7NOS2Zn. The Morgan fingerprint density at radius 1 is 1.46 bits per heavy atom. The smallest absolute Gasteiger partial charge is 0.159 e. The second-order valence-electron chi connectivity index (χ2n) is 2.38. The van der Waals surface area contributed by atoms with Gasteiger partial charge in [-0.3, -0.25) is 0 Å². The molecule has 0 atom stereocenters. The van der Waals surface area contributed by atoms with Crippen molar-refractivity contribution in [2.24, 2.45) is 0 Å². The first-order chi connectivity index (χ1) is 5.79. The topological polar surface area (TPSA) is 25.0 Å². The van der Waals surface area contributed by atoms with Crippen LogP contribution in [0.2, 0.25) is 0 Å². The van der Waals surface area contributed by atoms with Crippen molar-refractivity contribution in [3.63, 3.8) is 0 Å². The van der Waals surface area contributed by atoms with Crippen LogP contribution in [0.25, 0.3) is 10.2 Å². The van der Waals surface area contributed by atoms with Crippen LogP contribution in [0.4, 0.5) is 0 Å². The van der Waals surface area contributed by atoms with Crippen molar-refractivity contribution in [3.05, 3.63) is 22.2 Å². The van der Waals surface area contributed by atoms with E-state index in [-0.39, 0.29) is 19.5 Å². The predicted molar refractivity (Wildman–Crippen MR) is 53.6 cm³/mol. The van der Waals surface area contributed by atoms with Gasteiger partial charge in [-0.15, -0.1) is 11.3 Å². The molecule has 0 aliphatic rings. The summed E-state index contributed by atoms with van der Waals surface area (Å²) < 4.78 is 7.05. The minimum atomic E-state index is 0. The maximum absolute atomic E-state index is 5.08. The first-order valence-electron chi connectivity index (χ1n) is 3.46. The zero-order valence-electron chi connectivity index (χ0n) is 7.16. The summed E-state index contributed by atoms with van der Waals surface area (Å²) in [5.74, 6) is 0.853. The number of aromatic amines is 1. The second-order valence-corrected chi connectivity index (χ2v) is 4.10. The Balaban J connectivity index is 0.000000845. The van der Waals surface area contributed by atoms with Crippen molar-refractivity contribution in [2.45, 2.75) is 0 Å². The van der Waals surface area contributed by atoms with Crippen LogP contribution < -0.4 is 4.74 Å². The van der Waals surface area contributed by atoms with Crippen molar-refractivity contribution in [1.29, 1.82) is 0 Å². The first kappa shape index (κ1) is 10.8. The van der Waals surface area contributed by atoms with Crippen LogP contribution in [0.3, 0.4) is 0 Å². The van der Waals surface area contributed by atoms with E-state index in [2.05, 4.69) is 4.98 Å². The Hall–Kier alpha value is -0.247. The molecule has 1 aromatic carbocycles. The standard InChI is InChI=1S/C8H7NOS2.Zn/c1-10-5-2-3-7-6(4-5)9-8(11)12-7;/h2-4H,1H3,(H,9,11);. The van der Waals surface area contributed by atoms with Gasteiger partial charge in [0.15, 0.2) is 3.95 Å². The van der Waals surface area contributed by atoms with E-state index < -0.39 is 0 Å². The van der Waals surface area contributed by atoms with Gasteiger partial charge in [-0.05, 0) is 24.4 Å². The van der Waals surface area contributed by atoms with E-state index in [1.807, 2.05) is 18.2 Å². The molecule has 0 fully saturated rings. The molecule has 64 valence electrons. The number of ether oxygens (including phenoxy) is 1. The Morgan fingerprint density at radius 3 is 2.92 bits per heavy atom. The van der Waals surface area contributed by atoms with E-state index in [0.717, 1.165) is 15.2 Å². The average molecular weight is 263 g/mol. The molecule has 2 aromatic rings. The minimum absolute atomic E-state index is 0. The molecule has 1 N–H and O–H groups in total. The molecule has 0 amide bonds. The quantitative estimate of drug-likeness (QED) is 0.631. The number of hydrogen-bond donors (Lipinski definition) is 1. The maximum atomic E-state index is 5.08. The van der Waals surface area contributed by atoms with Crippen molar-refractivity contribution >= 4 is 33.8 Å². The molecule has 2 nitrogen and oxygen atoms in total. The van der Waals surface area contributed by atoms with Gasteiger partial charge in [0.25, 0.3) is 0 Å². The predicted octanol–water partition coefficient (Wildman–Crippen LogP) is 2.96. The van der Waals surface area contributed by atoms with E-state index in [4.69, 9.17) is 17.0 Å². The number of rotatable bonds is 1. The van der Waals surface area contributed by atoms with Crippen molar-refractivity contribution in [1.82, 2.24) is 4.98 Å². The molecule has 2 rings (SSSR count). The molecule has 13 heavy (non-hydrogen) atoms. The molecule has 0 bridgehead atoms. The van der Waals surface area contributed by atoms with E-state index in [1.54, 1.807) is 18.4 Å². The van der Waals surface area contributed by atoms with Crippen LogP contribution in [0.15, 0.2) is 18.2 Å². The summed E-state index contributed by atoms with van der Waals surface area (Å²) in [6.45, 7) is 0. The first-order valence-corrected chi connectivity index (χ1v) is 4.69. The number of hydrogen-bond acceptors (Lipinski definition) is 3. The fourth-order valence-electron chi connectivity index (χ4n) is 1.06. The zero-order valence-corrected chi connectivity index (χ0v) is 11.8. The third-order valence-corrected chi connectivity index (χ3v) is 2.84. The van der Waals surface area contributed by atoms with Crippen molar-refractivity contribution < 1.29 is 24.2 Å². The van der Waals surface area contributed by atoms with Gasteiger partial charge < -0.3 is 9.72 Å². The Kier molecular flexibility index (Phi) is 3.59. The number of H-pyrrole nitrogens is 1. The fraction of sp³-hybridized carbons (Fsp3) is 0.125. The molecule has 0 aliphatic heterocycles. The third-order valence-electron chi connectivity index (χ3n) is 1.63. The number of thiazole rings is 1. The van der Waals surface area contributed by atoms with Gasteiger partial charge in [-0.2, -0.15) is 0 Å². The number of nitrogens with one attached hydrogen (secondary N) is 1. The molecule has 0 radical (unpaired) electrons. The van der Waals surface area contributed by atoms with Crippen LogP contribution in [-0.4, -0.2) is 12.1 Å². The molecular weight excluding hydrogens is 256 g/mol. The van der Waals surface area contributed by atoms with E-state index in [1.165, 1.54) is 4.70 Å². The summed E-state index contributed by atoms with van der Waals surface area (Å²) in [7, 11) is 1.65. The second kappa shape index (κ2) is 4.31. The largest absolute Gasteiger partial charge is 0.497 e. The Bertz CT molecular complexity index is 462. The van der Waals surface area contributed by atoms with Gasteiger partial charge in [0.2, 0.25) is 0 Å². The molecule has 0 saturated heterocycles. The molecule has 0 aliphatic carbocycles. The molecule has 1 heterocycles. The van der Waals surface area contributed by atoms with E-state index in [9.17, 15) is 0 Å². The van der Waals surface area contributed by atoms with Crippen molar-refractivity contribution in [3.8, 4) is 5.75 Å². The van der Waals surface area contributed by atoms with Gasteiger partial charge in [0, 0.05) is 25.5 Å². The summed E-state index contributed by atoms with van der Waals surface area (Å²) in [4.78, 5) is 3.09. The van der Waals surface area contributed by atoms with Gasteiger partial charge in [-0.1, -0.05) is 0 Å². The molecule has 0 unspecified atom stereocenters. The van der Waals surface area contributed by atoms with Gasteiger partial charge in [0.05, 0.1) is 17.3 Å².